The quantitative estimate of drug-likeness (QED) is 0.150. The smallest absolute Gasteiger partial charge is 0.306 e. The van der Waals surface area contributed by atoms with Crippen molar-refractivity contribution in [2.24, 2.45) is 5.16 Å². The maximum Gasteiger partial charge on any atom is 0.306 e. The molecule has 8 heteroatoms. The molecule has 0 aliphatic carbocycles. The highest BCUT2D eigenvalue weighted by Crippen LogP contribution is 2.04. The Morgan fingerprint density at radius 1 is 0.913 bits per heavy atom. The van der Waals surface area contributed by atoms with Gasteiger partial charge in [-0.25, -0.2) is 0 Å². The standard InChI is InChI=1S/C15H27NO6.H4Si/c1-4-7-13(16-19)20-10-12(22-15(18)9-6-3)11-21-14(17)8-5-2;/h12,19H,4-11H2,1-3H3;1H4. The molecule has 0 aromatic carbocycles. The normalized spacial score (nSPS) is 12.0. The fourth-order valence-electron chi connectivity index (χ4n) is 1.58. The van der Waals surface area contributed by atoms with Crippen LogP contribution in [-0.4, -0.2) is 53.3 Å². The third kappa shape index (κ3) is 12.6. The summed E-state index contributed by atoms with van der Waals surface area (Å²) in [5.41, 5.74) is 0. The van der Waals surface area contributed by atoms with Gasteiger partial charge in [-0.2, -0.15) is 0 Å². The van der Waals surface area contributed by atoms with Gasteiger partial charge in [0, 0.05) is 19.3 Å². The van der Waals surface area contributed by atoms with Crippen molar-refractivity contribution in [1.82, 2.24) is 0 Å². The zero-order chi connectivity index (χ0) is 16.8. The summed E-state index contributed by atoms with van der Waals surface area (Å²) in [6.45, 7) is 5.57. The summed E-state index contributed by atoms with van der Waals surface area (Å²) in [7, 11) is 0. The molecule has 7 nitrogen and oxygen atoms in total. The number of rotatable bonds is 11. The number of carbonyl (C=O) groups excluding carboxylic acids is 2. The van der Waals surface area contributed by atoms with Crippen molar-refractivity contribution in [3.8, 4) is 0 Å². The summed E-state index contributed by atoms with van der Waals surface area (Å²) in [6, 6.07) is 0. The summed E-state index contributed by atoms with van der Waals surface area (Å²) in [5.74, 6) is -0.553. The third-order valence-corrected chi connectivity index (χ3v) is 2.65. The van der Waals surface area contributed by atoms with Gasteiger partial charge in [-0.15, -0.1) is 0 Å². The van der Waals surface area contributed by atoms with Crippen LogP contribution in [-0.2, 0) is 23.8 Å². The third-order valence-electron chi connectivity index (χ3n) is 2.65. The first-order chi connectivity index (χ1) is 10.6. The monoisotopic (exact) mass is 349 g/mol. The van der Waals surface area contributed by atoms with Gasteiger partial charge >= 0.3 is 11.9 Å². The molecule has 0 aliphatic rings. The van der Waals surface area contributed by atoms with Crippen LogP contribution in [0.3, 0.4) is 0 Å². The second-order valence-electron chi connectivity index (χ2n) is 4.85. The highest BCUT2D eigenvalue weighted by molar-refractivity contribution is 5.76. The molecule has 1 N–H and O–H groups in total. The minimum Gasteiger partial charge on any atom is -0.475 e. The molecule has 0 fully saturated rings. The molecule has 0 heterocycles. The zero-order valence-corrected chi connectivity index (χ0v) is 13.7. The van der Waals surface area contributed by atoms with Gasteiger partial charge in [-0.1, -0.05) is 25.9 Å². The molecule has 136 valence electrons. The lowest BCUT2D eigenvalue weighted by Crippen LogP contribution is -2.30. The Hall–Kier alpha value is -1.57. The molecule has 0 saturated heterocycles. The van der Waals surface area contributed by atoms with Crippen LogP contribution in [0.1, 0.15) is 59.3 Å². The van der Waals surface area contributed by atoms with Gasteiger partial charge in [-0.05, 0) is 30.2 Å². The summed E-state index contributed by atoms with van der Waals surface area (Å²) in [6.07, 6.45) is 2.47. The topological polar surface area (TPSA) is 94.4 Å². The van der Waals surface area contributed by atoms with Gasteiger partial charge < -0.3 is 19.4 Å². The van der Waals surface area contributed by atoms with E-state index in [1.54, 1.807) is 0 Å². The lowest BCUT2D eigenvalue weighted by Gasteiger charge is -2.18. The molecule has 0 amide bonds. The van der Waals surface area contributed by atoms with Gasteiger partial charge in [0.25, 0.3) is 0 Å². The number of oxime groups is 1. The first-order valence-corrected chi connectivity index (χ1v) is 7.76. The van der Waals surface area contributed by atoms with Gasteiger partial charge in [0.05, 0.1) is 0 Å². The molecule has 0 aromatic heterocycles. The van der Waals surface area contributed by atoms with E-state index in [1.807, 2.05) is 20.8 Å². The molecule has 0 saturated carbocycles. The summed E-state index contributed by atoms with van der Waals surface area (Å²) < 4.78 is 15.6. The molecule has 1 atom stereocenters. The number of ether oxygens (including phenoxy) is 3. The fraction of sp³-hybridized carbons (Fsp3) is 0.800. The Morgan fingerprint density at radius 3 is 1.96 bits per heavy atom. The van der Waals surface area contributed by atoms with Crippen LogP contribution in [0.4, 0.5) is 0 Å². The van der Waals surface area contributed by atoms with Crippen LogP contribution in [0.2, 0.25) is 0 Å². The van der Waals surface area contributed by atoms with Gasteiger partial charge in [-0.3, -0.25) is 9.59 Å². The van der Waals surface area contributed by atoms with E-state index >= 15 is 0 Å². The number of esters is 2. The largest absolute Gasteiger partial charge is 0.475 e. The molecular weight excluding hydrogens is 318 g/mol. The van der Waals surface area contributed by atoms with E-state index in [-0.39, 0.29) is 48.4 Å². The second-order valence-corrected chi connectivity index (χ2v) is 4.85. The van der Waals surface area contributed by atoms with E-state index < -0.39 is 6.10 Å². The molecule has 0 aromatic rings. The Morgan fingerprint density at radius 2 is 1.43 bits per heavy atom. The van der Waals surface area contributed by atoms with Crippen molar-refractivity contribution in [2.75, 3.05) is 13.2 Å². The van der Waals surface area contributed by atoms with Crippen LogP contribution in [0.25, 0.3) is 0 Å². The predicted octanol–water partition coefficient (Wildman–Crippen LogP) is 1.19. The van der Waals surface area contributed by atoms with Crippen molar-refractivity contribution in [2.45, 2.75) is 65.4 Å². The molecule has 0 spiro atoms. The Bertz CT molecular complexity index is 362. The first kappa shape index (κ1) is 23.7. The zero-order valence-electron chi connectivity index (χ0n) is 13.7. The molecule has 0 bridgehead atoms. The second kappa shape index (κ2) is 15.3. The molecule has 0 rings (SSSR count). The summed E-state index contributed by atoms with van der Waals surface area (Å²) >= 11 is 0. The van der Waals surface area contributed by atoms with Crippen LogP contribution in [0, 0.1) is 0 Å². The van der Waals surface area contributed by atoms with Crippen molar-refractivity contribution < 1.29 is 29.0 Å². The van der Waals surface area contributed by atoms with Crippen molar-refractivity contribution in [3.63, 3.8) is 0 Å². The Balaban J connectivity index is 0. The van der Waals surface area contributed by atoms with E-state index in [1.165, 1.54) is 0 Å². The maximum atomic E-state index is 11.6. The average Bonchev–Trinajstić information content (AvgIpc) is 2.49. The molecule has 23 heavy (non-hydrogen) atoms. The van der Waals surface area contributed by atoms with E-state index in [4.69, 9.17) is 19.4 Å². The van der Waals surface area contributed by atoms with Crippen LogP contribution >= 0.6 is 0 Å². The minimum absolute atomic E-state index is 0. The van der Waals surface area contributed by atoms with E-state index in [9.17, 15) is 9.59 Å². The summed E-state index contributed by atoms with van der Waals surface area (Å²) in [5, 5.41) is 11.8. The van der Waals surface area contributed by atoms with Crippen LogP contribution < -0.4 is 0 Å². The average molecular weight is 350 g/mol. The van der Waals surface area contributed by atoms with Crippen molar-refractivity contribution in [1.29, 1.82) is 0 Å². The number of hydrogen-bond acceptors (Lipinski definition) is 7. The van der Waals surface area contributed by atoms with E-state index in [0.717, 1.165) is 6.42 Å². The number of nitrogens with zero attached hydrogens (tertiary/aromatic N) is 1. The van der Waals surface area contributed by atoms with Crippen LogP contribution in [0.5, 0.6) is 0 Å². The molecule has 0 radical (unpaired) electrons. The predicted molar refractivity (Wildman–Crippen MR) is 92.1 cm³/mol. The maximum absolute atomic E-state index is 11.6. The highest BCUT2D eigenvalue weighted by Gasteiger charge is 2.18. The minimum atomic E-state index is -0.714. The van der Waals surface area contributed by atoms with Gasteiger partial charge in [0.15, 0.2) is 6.10 Å². The highest BCUT2D eigenvalue weighted by atomic mass is 28.1. The molecule has 0 aliphatic heterocycles. The number of carbonyl (C=O) groups is 2. The first-order valence-electron chi connectivity index (χ1n) is 7.76. The van der Waals surface area contributed by atoms with Gasteiger partial charge in [0.2, 0.25) is 5.90 Å². The van der Waals surface area contributed by atoms with Crippen LogP contribution in [0.15, 0.2) is 5.16 Å². The number of hydrogen-bond donors (Lipinski definition) is 1. The molecule has 1 unspecified atom stereocenters. The lowest BCUT2D eigenvalue weighted by molar-refractivity contribution is -0.161. The van der Waals surface area contributed by atoms with Gasteiger partial charge in [0.1, 0.15) is 13.2 Å². The van der Waals surface area contributed by atoms with Crippen molar-refractivity contribution in [3.05, 3.63) is 0 Å². The van der Waals surface area contributed by atoms with E-state index in [0.29, 0.717) is 25.7 Å². The lowest BCUT2D eigenvalue weighted by atomic mass is 10.3. The Labute approximate surface area is 142 Å². The fourth-order valence-corrected chi connectivity index (χ4v) is 1.58. The van der Waals surface area contributed by atoms with Crippen molar-refractivity contribution >= 4 is 28.8 Å². The summed E-state index contributed by atoms with van der Waals surface area (Å²) in [4.78, 5) is 23.0. The molecular formula is C15H31NO6Si. The van der Waals surface area contributed by atoms with E-state index in [2.05, 4.69) is 5.16 Å². The Kier molecular flexibility index (Phi) is 15.8. The SMILES string of the molecule is CCCC(=O)OCC(COC(CCC)=NO)OC(=O)CCC.[SiH4].